The zero-order valence-electron chi connectivity index (χ0n) is 31.4. The molecule has 280 valence electrons. The SMILES string of the molecule is CCOC(=O)[C@@]12C[C@H](C(=O)OC(C)(C)C)C[C@@H](C1)C(OCC)=CC2=O.CCOC(=O)[C@]12C[C@@H](C(=O)OC(C)(C)C)C[C@H](C1)C(OCC)=CC2=O. The fourth-order valence-electron chi connectivity index (χ4n) is 7.33. The first-order chi connectivity index (χ1) is 23.3. The molecule has 4 aliphatic rings. The van der Waals surface area contributed by atoms with Crippen molar-refractivity contribution in [3.05, 3.63) is 23.7 Å². The van der Waals surface area contributed by atoms with Crippen LogP contribution >= 0.6 is 0 Å². The molecule has 4 bridgehead atoms. The number of esters is 4. The summed E-state index contributed by atoms with van der Waals surface area (Å²) in [5.41, 5.74) is -3.85. The number of fused-ring (bicyclic) bond motifs is 4. The fraction of sp³-hybridized carbons (Fsp3) is 0.737. The van der Waals surface area contributed by atoms with E-state index in [1.165, 1.54) is 12.2 Å². The number of ketones is 2. The van der Waals surface area contributed by atoms with Gasteiger partial charge in [-0.1, -0.05) is 0 Å². The van der Waals surface area contributed by atoms with Crippen molar-refractivity contribution in [1.29, 1.82) is 0 Å². The third-order valence-corrected chi connectivity index (χ3v) is 9.25. The summed E-state index contributed by atoms with van der Waals surface area (Å²) in [7, 11) is 0. The molecule has 6 atom stereocenters. The Morgan fingerprint density at radius 3 is 1.22 bits per heavy atom. The van der Waals surface area contributed by atoms with Crippen LogP contribution in [-0.2, 0) is 57.2 Å². The van der Waals surface area contributed by atoms with Crippen LogP contribution in [0.5, 0.6) is 0 Å². The summed E-state index contributed by atoms with van der Waals surface area (Å²) in [5.74, 6) is -2.80. The predicted molar refractivity (Wildman–Crippen MR) is 181 cm³/mol. The summed E-state index contributed by atoms with van der Waals surface area (Å²) in [6.45, 7) is 19.1. The van der Waals surface area contributed by atoms with E-state index >= 15 is 0 Å². The molecule has 0 N–H and O–H groups in total. The molecule has 0 aliphatic heterocycles. The molecule has 0 radical (unpaired) electrons. The topological polar surface area (TPSA) is 158 Å². The first kappa shape index (κ1) is 40.7. The largest absolute Gasteiger partial charge is 0.498 e. The van der Waals surface area contributed by atoms with E-state index in [0.717, 1.165) is 0 Å². The Bertz CT molecular complexity index is 1270. The maximum Gasteiger partial charge on any atom is 0.320 e. The molecule has 4 rings (SSSR count). The second-order valence-electron chi connectivity index (χ2n) is 15.4. The van der Waals surface area contributed by atoms with Crippen LogP contribution in [0.15, 0.2) is 23.7 Å². The molecule has 0 aromatic rings. The Morgan fingerprint density at radius 1 is 0.600 bits per heavy atom. The number of ether oxygens (including phenoxy) is 6. The van der Waals surface area contributed by atoms with Crippen LogP contribution in [0.1, 0.15) is 108 Å². The zero-order chi connectivity index (χ0) is 37.7. The van der Waals surface area contributed by atoms with E-state index in [2.05, 4.69) is 0 Å². The minimum Gasteiger partial charge on any atom is -0.498 e. The van der Waals surface area contributed by atoms with Crippen molar-refractivity contribution < 1.29 is 57.2 Å². The number of rotatable bonds is 10. The molecule has 0 heterocycles. The molecule has 0 aromatic carbocycles. The zero-order valence-corrected chi connectivity index (χ0v) is 31.4. The maximum absolute atomic E-state index is 12.8. The average molecular weight is 705 g/mol. The van der Waals surface area contributed by atoms with Gasteiger partial charge in [-0.25, -0.2) is 0 Å². The maximum atomic E-state index is 12.8. The third-order valence-electron chi connectivity index (χ3n) is 9.25. The monoisotopic (exact) mass is 704 g/mol. The number of hydrogen-bond donors (Lipinski definition) is 0. The van der Waals surface area contributed by atoms with Gasteiger partial charge in [-0.05, 0) is 108 Å². The van der Waals surface area contributed by atoms with E-state index in [1.807, 2.05) is 13.8 Å². The van der Waals surface area contributed by atoms with Crippen LogP contribution in [0.2, 0.25) is 0 Å². The van der Waals surface area contributed by atoms with Crippen LogP contribution in [0.25, 0.3) is 0 Å². The van der Waals surface area contributed by atoms with Crippen LogP contribution < -0.4 is 0 Å². The van der Waals surface area contributed by atoms with Crippen molar-refractivity contribution in [3.63, 3.8) is 0 Å². The van der Waals surface area contributed by atoms with E-state index in [4.69, 9.17) is 28.4 Å². The first-order valence-corrected chi connectivity index (χ1v) is 17.8. The van der Waals surface area contributed by atoms with E-state index in [1.54, 1.807) is 55.4 Å². The highest BCUT2D eigenvalue weighted by Gasteiger charge is 2.58. The van der Waals surface area contributed by atoms with Crippen molar-refractivity contribution in [2.75, 3.05) is 26.4 Å². The molecule has 0 amide bonds. The molecule has 50 heavy (non-hydrogen) atoms. The van der Waals surface area contributed by atoms with Crippen LogP contribution in [-0.4, -0.2) is 73.1 Å². The third kappa shape index (κ3) is 9.34. The van der Waals surface area contributed by atoms with Gasteiger partial charge in [-0.2, -0.15) is 0 Å². The highest BCUT2D eigenvalue weighted by molar-refractivity contribution is 6.11. The molecule has 2 saturated carbocycles. The van der Waals surface area contributed by atoms with E-state index in [9.17, 15) is 28.8 Å². The molecular formula is C38H56O12. The van der Waals surface area contributed by atoms with Crippen LogP contribution in [0.4, 0.5) is 0 Å². The average Bonchev–Trinajstić information content (AvgIpc) is 3.01. The van der Waals surface area contributed by atoms with Crippen molar-refractivity contribution >= 4 is 35.4 Å². The van der Waals surface area contributed by atoms with E-state index in [-0.39, 0.29) is 61.4 Å². The summed E-state index contributed by atoms with van der Waals surface area (Å²) >= 11 is 0. The highest BCUT2D eigenvalue weighted by Crippen LogP contribution is 2.52. The Balaban J connectivity index is 0.000000270. The van der Waals surface area contributed by atoms with Gasteiger partial charge >= 0.3 is 23.9 Å². The number of hydrogen-bond acceptors (Lipinski definition) is 12. The molecule has 0 aromatic heterocycles. The lowest BCUT2D eigenvalue weighted by molar-refractivity contribution is -0.174. The van der Waals surface area contributed by atoms with Gasteiger partial charge in [-0.3, -0.25) is 28.8 Å². The Labute approximate surface area is 295 Å². The normalized spacial score (nSPS) is 28.8. The molecular weight excluding hydrogens is 648 g/mol. The molecule has 0 spiro atoms. The number of allylic oxidation sites excluding steroid dienone is 4. The lowest BCUT2D eigenvalue weighted by Crippen LogP contribution is -2.51. The van der Waals surface area contributed by atoms with Crippen molar-refractivity contribution in [1.82, 2.24) is 0 Å². The fourth-order valence-corrected chi connectivity index (χ4v) is 7.33. The second-order valence-corrected chi connectivity index (χ2v) is 15.4. The van der Waals surface area contributed by atoms with Crippen LogP contribution in [0.3, 0.4) is 0 Å². The predicted octanol–water partition coefficient (Wildman–Crippen LogP) is 5.59. The smallest absolute Gasteiger partial charge is 0.320 e. The van der Waals surface area contributed by atoms with Gasteiger partial charge in [0, 0.05) is 24.0 Å². The van der Waals surface area contributed by atoms with Crippen LogP contribution in [0, 0.1) is 34.5 Å². The van der Waals surface area contributed by atoms with Crippen molar-refractivity contribution in [2.45, 2.75) is 119 Å². The lowest BCUT2D eigenvalue weighted by Gasteiger charge is -2.43. The molecule has 4 aliphatic carbocycles. The molecule has 12 heteroatoms. The molecule has 12 nitrogen and oxygen atoms in total. The van der Waals surface area contributed by atoms with Gasteiger partial charge in [0.05, 0.1) is 38.3 Å². The van der Waals surface area contributed by atoms with Crippen molar-refractivity contribution in [2.24, 2.45) is 34.5 Å². The summed E-state index contributed by atoms with van der Waals surface area (Å²) in [4.78, 5) is 75.9. The minimum atomic E-state index is -1.30. The summed E-state index contributed by atoms with van der Waals surface area (Å²) in [6, 6.07) is 0. The summed E-state index contributed by atoms with van der Waals surface area (Å²) in [6.07, 6.45) is 4.77. The van der Waals surface area contributed by atoms with E-state index < -0.39 is 45.8 Å². The van der Waals surface area contributed by atoms with E-state index in [0.29, 0.717) is 50.4 Å². The minimum absolute atomic E-state index is 0.131. The molecule has 0 saturated heterocycles. The Hall–Kier alpha value is -3.70. The van der Waals surface area contributed by atoms with Crippen molar-refractivity contribution in [3.8, 4) is 0 Å². The Morgan fingerprint density at radius 2 is 0.940 bits per heavy atom. The summed E-state index contributed by atoms with van der Waals surface area (Å²) in [5, 5.41) is 0. The van der Waals surface area contributed by atoms with Gasteiger partial charge in [0.25, 0.3) is 0 Å². The number of carbonyl (C=O) groups is 6. The highest BCUT2D eigenvalue weighted by atomic mass is 16.6. The second kappa shape index (κ2) is 16.1. The quantitative estimate of drug-likeness (QED) is 0.158. The molecule has 0 unspecified atom stereocenters. The first-order valence-electron chi connectivity index (χ1n) is 17.8. The van der Waals surface area contributed by atoms with Gasteiger partial charge in [0.2, 0.25) is 0 Å². The number of carbonyl (C=O) groups excluding carboxylic acids is 6. The Kier molecular flexibility index (Phi) is 13.1. The standard InChI is InChI=1S/2C19H28O6/c2*1-6-23-14-9-15(20)19(17(22)24-7-2)10-12(14)8-13(11-19)16(21)25-18(3,4)5/h2*9,12-13H,6-8,10-11H2,1-5H3/t2*12-,13+,19+/m10/s1. The summed E-state index contributed by atoms with van der Waals surface area (Å²) < 4.78 is 32.5. The van der Waals surface area contributed by atoms with Gasteiger partial charge < -0.3 is 28.4 Å². The lowest BCUT2D eigenvalue weighted by atomic mass is 9.60. The van der Waals surface area contributed by atoms with Gasteiger partial charge in [0.15, 0.2) is 11.6 Å². The van der Waals surface area contributed by atoms with Gasteiger partial charge in [-0.15, -0.1) is 0 Å². The molecule has 2 fully saturated rings. The van der Waals surface area contributed by atoms with Gasteiger partial charge in [0.1, 0.15) is 33.6 Å².